The fraction of sp³-hybridized carbons (Fsp3) is 0.0476. The van der Waals surface area contributed by atoms with Crippen LogP contribution in [0.2, 0.25) is 4.34 Å². The molecule has 5 nitrogen and oxygen atoms in total. The van der Waals surface area contributed by atoms with Gasteiger partial charge in [0, 0.05) is 27.8 Å². The first-order valence-corrected chi connectivity index (χ1v) is 9.68. The van der Waals surface area contributed by atoms with Gasteiger partial charge in [-0.1, -0.05) is 29.8 Å². The van der Waals surface area contributed by atoms with Crippen molar-refractivity contribution in [2.24, 2.45) is 0 Å². The third-order valence-corrected chi connectivity index (χ3v) is 5.69. The standard InChI is InChI=1S/C21H15ClN2O3S/c22-18-10-9-17(28-18)19(21(26)27)23-14-5-7-15(8-6-14)24-12-11-13-3-1-2-4-16(13)20(24)25/h1-12,19,23H,(H,26,27). The lowest BCUT2D eigenvalue weighted by Gasteiger charge is -2.15. The van der Waals surface area contributed by atoms with E-state index in [1.807, 2.05) is 24.3 Å². The fourth-order valence-corrected chi connectivity index (χ4v) is 4.12. The Kier molecular flexibility index (Phi) is 4.90. The Morgan fingerprint density at radius 1 is 1.04 bits per heavy atom. The number of hydrogen-bond donors (Lipinski definition) is 2. The molecular formula is C21H15ClN2O3S. The van der Waals surface area contributed by atoms with Crippen molar-refractivity contribution in [2.45, 2.75) is 6.04 Å². The number of hydrogen-bond acceptors (Lipinski definition) is 4. The second-order valence-corrected chi connectivity index (χ2v) is 7.93. The molecule has 2 N–H and O–H groups in total. The number of thiophene rings is 1. The van der Waals surface area contributed by atoms with E-state index >= 15 is 0 Å². The van der Waals surface area contributed by atoms with E-state index in [2.05, 4.69) is 5.32 Å². The molecule has 1 unspecified atom stereocenters. The molecule has 0 aliphatic rings. The van der Waals surface area contributed by atoms with Gasteiger partial charge in [0.15, 0.2) is 6.04 Å². The summed E-state index contributed by atoms with van der Waals surface area (Å²) in [5, 5.41) is 14.1. The highest BCUT2D eigenvalue weighted by Crippen LogP contribution is 2.29. The van der Waals surface area contributed by atoms with Crippen molar-refractivity contribution in [3.05, 3.63) is 92.5 Å². The van der Waals surface area contributed by atoms with Gasteiger partial charge in [0.1, 0.15) is 0 Å². The van der Waals surface area contributed by atoms with Crippen LogP contribution in [0.3, 0.4) is 0 Å². The number of rotatable bonds is 5. The summed E-state index contributed by atoms with van der Waals surface area (Å²) in [5.74, 6) is -0.992. The molecule has 0 fully saturated rings. The molecule has 140 valence electrons. The molecule has 0 radical (unpaired) electrons. The molecule has 28 heavy (non-hydrogen) atoms. The van der Waals surface area contributed by atoms with Gasteiger partial charge >= 0.3 is 5.97 Å². The third-order valence-electron chi connectivity index (χ3n) is 4.40. The largest absolute Gasteiger partial charge is 0.479 e. The molecule has 7 heteroatoms. The van der Waals surface area contributed by atoms with Gasteiger partial charge in [-0.15, -0.1) is 11.3 Å². The number of nitrogens with one attached hydrogen (secondary N) is 1. The molecule has 4 rings (SSSR count). The number of halogens is 1. The summed E-state index contributed by atoms with van der Waals surface area (Å²) < 4.78 is 2.11. The first kappa shape index (κ1) is 18.3. The van der Waals surface area contributed by atoms with Gasteiger partial charge in [-0.05, 0) is 53.9 Å². The van der Waals surface area contributed by atoms with E-state index in [0.717, 1.165) is 5.39 Å². The predicted octanol–water partition coefficient (Wildman–Crippen LogP) is 4.94. The first-order valence-electron chi connectivity index (χ1n) is 8.48. The number of anilines is 1. The minimum absolute atomic E-state index is 0.101. The molecule has 4 aromatic rings. The number of carboxylic acids is 1. The normalized spacial score (nSPS) is 12.0. The van der Waals surface area contributed by atoms with E-state index < -0.39 is 12.0 Å². The van der Waals surface area contributed by atoms with Crippen LogP contribution < -0.4 is 10.9 Å². The number of benzene rings is 2. The monoisotopic (exact) mass is 410 g/mol. The highest BCUT2D eigenvalue weighted by Gasteiger charge is 2.21. The summed E-state index contributed by atoms with van der Waals surface area (Å²) in [6.45, 7) is 0. The zero-order valence-corrected chi connectivity index (χ0v) is 16.1. The summed E-state index contributed by atoms with van der Waals surface area (Å²) >= 11 is 7.15. The molecule has 0 aliphatic carbocycles. The molecule has 2 aromatic heterocycles. The number of fused-ring (bicyclic) bond motifs is 1. The maximum Gasteiger partial charge on any atom is 0.331 e. The Labute approximate surface area is 169 Å². The summed E-state index contributed by atoms with van der Waals surface area (Å²) in [6, 6.07) is 18.9. The Bertz CT molecular complexity index is 1210. The number of aromatic nitrogens is 1. The number of carbonyl (C=O) groups is 1. The van der Waals surface area contributed by atoms with Gasteiger partial charge < -0.3 is 10.4 Å². The molecule has 0 saturated carbocycles. The highest BCUT2D eigenvalue weighted by atomic mass is 35.5. The molecule has 2 aromatic carbocycles. The SMILES string of the molecule is O=C(O)C(Nc1ccc(-n2ccc3ccccc3c2=O)cc1)c1ccc(Cl)s1. The molecule has 2 heterocycles. The quantitative estimate of drug-likeness (QED) is 0.488. The van der Waals surface area contributed by atoms with Crippen molar-refractivity contribution in [1.82, 2.24) is 4.57 Å². The summed E-state index contributed by atoms with van der Waals surface area (Å²) in [6.07, 6.45) is 1.74. The van der Waals surface area contributed by atoms with Crippen LogP contribution in [0.5, 0.6) is 0 Å². The first-order chi connectivity index (χ1) is 13.5. The molecular weight excluding hydrogens is 396 g/mol. The van der Waals surface area contributed by atoms with E-state index in [1.54, 1.807) is 53.2 Å². The van der Waals surface area contributed by atoms with Crippen LogP contribution in [0.1, 0.15) is 10.9 Å². The molecule has 0 spiro atoms. The van der Waals surface area contributed by atoms with Crippen molar-refractivity contribution < 1.29 is 9.90 Å². The lowest BCUT2D eigenvalue weighted by molar-refractivity contribution is -0.138. The topological polar surface area (TPSA) is 71.3 Å². The van der Waals surface area contributed by atoms with Gasteiger partial charge in [-0.25, -0.2) is 4.79 Å². The highest BCUT2D eigenvalue weighted by molar-refractivity contribution is 7.16. The molecule has 0 aliphatic heterocycles. The van der Waals surface area contributed by atoms with Gasteiger partial charge in [0.05, 0.1) is 4.34 Å². The minimum Gasteiger partial charge on any atom is -0.479 e. The van der Waals surface area contributed by atoms with Crippen LogP contribution in [-0.4, -0.2) is 15.6 Å². The molecule has 0 saturated heterocycles. The smallest absolute Gasteiger partial charge is 0.331 e. The van der Waals surface area contributed by atoms with E-state index in [9.17, 15) is 14.7 Å². The average molecular weight is 411 g/mol. The number of aliphatic carboxylic acids is 1. The van der Waals surface area contributed by atoms with Crippen molar-refractivity contribution in [3.63, 3.8) is 0 Å². The van der Waals surface area contributed by atoms with E-state index in [-0.39, 0.29) is 5.56 Å². The van der Waals surface area contributed by atoms with E-state index in [4.69, 9.17) is 11.6 Å². The number of carboxylic acid groups (broad SMARTS) is 1. The van der Waals surface area contributed by atoms with Gasteiger partial charge in [-0.3, -0.25) is 9.36 Å². The van der Waals surface area contributed by atoms with Crippen LogP contribution >= 0.6 is 22.9 Å². The third kappa shape index (κ3) is 3.52. The lowest BCUT2D eigenvalue weighted by Crippen LogP contribution is -2.20. The van der Waals surface area contributed by atoms with Crippen LogP contribution in [0.25, 0.3) is 16.5 Å². The number of nitrogens with zero attached hydrogens (tertiary/aromatic N) is 1. The molecule has 0 bridgehead atoms. The van der Waals surface area contributed by atoms with Crippen LogP contribution in [0, 0.1) is 0 Å². The second-order valence-electron chi connectivity index (χ2n) is 6.18. The Hall–Kier alpha value is -3.09. The van der Waals surface area contributed by atoms with Crippen LogP contribution in [0.15, 0.2) is 77.7 Å². The van der Waals surface area contributed by atoms with Crippen LogP contribution in [-0.2, 0) is 4.79 Å². The minimum atomic E-state index is -0.992. The van der Waals surface area contributed by atoms with Gasteiger partial charge in [0.25, 0.3) is 5.56 Å². The second kappa shape index (κ2) is 7.50. The maximum atomic E-state index is 12.7. The van der Waals surface area contributed by atoms with Gasteiger partial charge in [-0.2, -0.15) is 0 Å². The van der Waals surface area contributed by atoms with Crippen molar-refractivity contribution in [2.75, 3.05) is 5.32 Å². The molecule has 0 amide bonds. The zero-order valence-electron chi connectivity index (χ0n) is 14.5. The lowest BCUT2D eigenvalue weighted by atomic mass is 10.1. The van der Waals surface area contributed by atoms with E-state index in [0.29, 0.717) is 26.0 Å². The Balaban J connectivity index is 1.63. The summed E-state index contributed by atoms with van der Waals surface area (Å²) in [4.78, 5) is 25.0. The molecule has 1 atom stereocenters. The predicted molar refractivity (Wildman–Crippen MR) is 113 cm³/mol. The Morgan fingerprint density at radius 3 is 2.46 bits per heavy atom. The van der Waals surface area contributed by atoms with Crippen molar-refractivity contribution in [1.29, 1.82) is 0 Å². The van der Waals surface area contributed by atoms with Gasteiger partial charge in [0.2, 0.25) is 0 Å². The summed E-state index contributed by atoms with van der Waals surface area (Å²) in [7, 11) is 0. The number of pyridine rings is 1. The maximum absolute atomic E-state index is 12.7. The van der Waals surface area contributed by atoms with Crippen LogP contribution in [0.4, 0.5) is 5.69 Å². The zero-order chi connectivity index (χ0) is 19.7. The van der Waals surface area contributed by atoms with E-state index in [1.165, 1.54) is 11.3 Å². The fourth-order valence-electron chi connectivity index (χ4n) is 3.02. The van der Waals surface area contributed by atoms with Crippen molar-refractivity contribution in [3.8, 4) is 5.69 Å². The van der Waals surface area contributed by atoms with Crippen molar-refractivity contribution >= 4 is 45.4 Å². The Morgan fingerprint density at radius 2 is 1.79 bits per heavy atom. The average Bonchev–Trinajstić information content (AvgIpc) is 3.13. The summed E-state index contributed by atoms with van der Waals surface area (Å²) in [5.41, 5.74) is 1.23.